The molecule has 0 aromatic heterocycles. The molecule has 0 amide bonds. The van der Waals surface area contributed by atoms with Gasteiger partial charge in [-0.1, -0.05) is 53.2 Å². The highest BCUT2D eigenvalue weighted by molar-refractivity contribution is 7.80. The van der Waals surface area contributed by atoms with Gasteiger partial charge in [0.15, 0.2) is 6.10 Å². The van der Waals surface area contributed by atoms with Crippen LogP contribution >= 0.6 is 0 Å². The zero-order valence-electron chi connectivity index (χ0n) is 24.5. The Labute approximate surface area is 234 Å². The number of ether oxygens (including phenoxy) is 2. The van der Waals surface area contributed by atoms with Crippen molar-refractivity contribution in [3.63, 3.8) is 0 Å². The molecule has 8 nitrogen and oxygen atoms in total. The van der Waals surface area contributed by atoms with E-state index in [0.29, 0.717) is 54.6 Å². The molecule has 1 heterocycles. The molecular formula is C30H48O8S. The molecule has 39 heavy (non-hydrogen) atoms. The van der Waals surface area contributed by atoms with E-state index in [1.165, 1.54) is 18.9 Å². The molecule has 0 spiro atoms. The number of aliphatic hydroxyl groups is 1. The van der Waals surface area contributed by atoms with Crippen molar-refractivity contribution in [3.05, 3.63) is 11.6 Å². The highest BCUT2D eigenvalue weighted by atomic mass is 32.3. The lowest BCUT2D eigenvalue weighted by Gasteiger charge is -2.59. The van der Waals surface area contributed by atoms with Gasteiger partial charge in [0.2, 0.25) is 0 Å². The van der Waals surface area contributed by atoms with Gasteiger partial charge in [0.1, 0.15) is 6.10 Å². The molecule has 4 aliphatic carbocycles. The Balaban J connectivity index is 1.41. The predicted molar refractivity (Wildman–Crippen MR) is 146 cm³/mol. The molecule has 2 N–H and O–H groups in total. The van der Waals surface area contributed by atoms with Gasteiger partial charge >= 0.3 is 16.4 Å². The zero-order valence-corrected chi connectivity index (χ0v) is 25.3. The maximum atomic E-state index is 11.8. The van der Waals surface area contributed by atoms with Gasteiger partial charge in [-0.3, -0.25) is 9.35 Å². The van der Waals surface area contributed by atoms with Gasteiger partial charge in [-0.2, -0.15) is 8.42 Å². The molecule has 3 unspecified atom stereocenters. The van der Waals surface area contributed by atoms with Crippen LogP contribution in [-0.4, -0.2) is 54.6 Å². The van der Waals surface area contributed by atoms with E-state index >= 15 is 0 Å². The molecule has 1 aliphatic heterocycles. The summed E-state index contributed by atoms with van der Waals surface area (Å²) >= 11 is 0. The summed E-state index contributed by atoms with van der Waals surface area (Å²) in [6.07, 6.45) is 4.89. The van der Waals surface area contributed by atoms with E-state index in [-0.39, 0.29) is 17.3 Å². The van der Waals surface area contributed by atoms with Crippen LogP contribution < -0.4 is 0 Å². The van der Waals surface area contributed by atoms with Crippen LogP contribution in [-0.2, 0) is 28.9 Å². The molecular weight excluding hydrogens is 520 g/mol. The summed E-state index contributed by atoms with van der Waals surface area (Å²) in [6.45, 7) is 15.1. The Morgan fingerprint density at radius 3 is 2.33 bits per heavy atom. The van der Waals surface area contributed by atoms with E-state index in [4.69, 9.17) is 13.7 Å². The van der Waals surface area contributed by atoms with Crippen LogP contribution in [0.4, 0.5) is 0 Å². The Bertz CT molecular complexity index is 1100. The van der Waals surface area contributed by atoms with Gasteiger partial charge in [0.05, 0.1) is 18.3 Å². The molecule has 4 fully saturated rings. The molecule has 222 valence electrons. The van der Waals surface area contributed by atoms with Crippen LogP contribution in [0.5, 0.6) is 0 Å². The molecule has 0 radical (unpaired) electrons. The first-order valence-corrected chi connectivity index (χ1v) is 16.3. The lowest BCUT2D eigenvalue weighted by molar-refractivity contribution is -0.193. The second-order valence-electron chi connectivity index (χ2n) is 14.2. The number of fused-ring (bicyclic) bond motifs is 5. The highest BCUT2D eigenvalue weighted by Gasteiger charge is 2.63. The average Bonchev–Trinajstić information content (AvgIpc) is 3.53. The normalized spacial score (nSPS) is 46.9. The minimum Gasteiger partial charge on any atom is -0.457 e. The van der Waals surface area contributed by atoms with E-state index < -0.39 is 40.1 Å². The summed E-state index contributed by atoms with van der Waals surface area (Å²) in [7, 11) is -4.82. The Kier molecular flexibility index (Phi) is 7.62. The molecule has 3 saturated carbocycles. The lowest BCUT2D eigenvalue weighted by atomic mass is 9.47. The average molecular weight is 569 g/mol. The van der Waals surface area contributed by atoms with Crippen LogP contribution in [0, 0.1) is 52.3 Å². The van der Waals surface area contributed by atoms with Gasteiger partial charge in [-0.15, -0.1) is 0 Å². The van der Waals surface area contributed by atoms with Gasteiger partial charge in [-0.05, 0) is 90.8 Å². The maximum Gasteiger partial charge on any atom is 0.397 e. The monoisotopic (exact) mass is 568 g/mol. The molecule has 9 heteroatoms. The van der Waals surface area contributed by atoms with Gasteiger partial charge in [0.25, 0.3) is 0 Å². The van der Waals surface area contributed by atoms with E-state index in [2.05, 4.69) is 47.6 Å². The van der Waals surface area contributed by atoms with Crippen molar-refractivity contribution in [3.8, 4) is 0 Å². The third kappa shape index (κ3) is 5.02. The van der Waals surface area contributed by atoms with Crippen LogP contribution in [0.3, 0.4) is 0 Å². The fourth-order valence-corrected chi connectivity index (χ4v) is 10.2. The number of carbonyl (C=O) groups is 1. The highest BCUT2D eigenvalue weighted by Crippen LogP contribution is 2.68. The molecule has 0 aromatic rings. The smallest absolute Gasteiger partial charge is 0.397 e. The third-order valence-electron chi connectivity index (χ3n) is 12.0. The number of hydrogen-bond acceptors (Lipinski definition) is 7. The largest absolute Gasteiger partial charge is 0.457 e. The van der Waals surface area contributed by atoms with E-state index in [9.17, 15) is 22.9 Å². The topological polar surface area (TPSA) is 123 Å². The van der Waals surface area contributed by atoms with Crippen LogP contribution in [0.2, 0.25) is 0 Å². The first kappa shape index (κ1) is 29.5. The quantitative estimate of drug-likeness (QED) is 0.191. The first-order chi connectivity index (χ1) is 18.1. The first-order valence-electron chi connectivity index (χ1n) is 14.9. The van der Waals surface area contributed by atoms with Crippen molar-refractivity contribution < 1.29 is 36.5 Å². The maximum absolute atomic E-state index is 11.8. The summed E-state index contributed by atoms with van der Waals surface area (Å²) in [5.74, 6) is 1.94. The van der Waals surface area contributed by atoms with Gasteiger partial charge < -0.3 is 14.6 Å². The minimum atomic E-state index is -4.82. The van der Waals surface area contributed by atoms with Crippen LogP contribution in [0.1, 0.15) is 87.0 Å². The van der Waals surface area contributed by atoms with Gasteiger partial charge in [0, 0.05) is 6.92 Å². The van der Waals surface area contributed by atoms with Crippen molar-refractivity contribution in [2.24, 2.45) is 52.3 Å². The van der Waals surface area contributed by atoms with Crippen LogP contribution in [0.15, 0.2) is 11.6 Å². The second-order valence-corrected chi connectivity index (χ2v) is 15.3. The molecule has 0 bridgehead atoms. The van der Waals surface area contributed by atoms with Gasteiger partial charge in [-0.25, -0.2) is 4.18 Å². The lowest BCUT2D eigenvalue weighted by Crippen LogP contribution is -2.61. The molecule has 0 aromatic carbocycles. The van der Waals surface area contributed by atoms with Crippen molar-refractivity contribution >= 4 is 16.4 Å². The fourth-order valence-electron chi connectivity index (χ4n) is 9.69. The number of rotatable bonds is 7. The number of allylic oxidation sites excluding steroid dienone is 2. The Hall–Kier alpha value is -1.00. The number of esters is 1. The number of hydrogen-bond donors (Lipinski definition) is 2. The second kappa shape index (κ2) is 10.1. The van der Waals surface area contributed by atoms with Crippen LogP contribution in [0.25, 0.3) is 0 Å². The molecule has 1 saturated heterocycles. The summed E-state index contributed by atoms with van der Waals surface area (Å²) < 4.78 is 50.1. The number of epoxide rings is 1. The van der Waals surface area contributed by atoms with Crippen molar-refractivity contribution in [1.82, 2.24) is 0 Å². The summed E-state index contributed by atoms with van der Waals surface area (Å²) in [4.78, 5) is 11.8. The minimum absolute atomic E-state index is 0.176. The number of aliphatic hydroxyl groups excluding tert-OH is 1. The number of carbonyl (C=O) groups excluding carboxylic acids is 1. The van der Waals surface area contributed by atoms with Crippen molar-refractivity contribution in [2.45, 2.75) is 118 Å². The predicted octanol–water partition coefficient (Wildman–Crippen LogP) is 4.96. The summed E-state index contributed by atoms with van der Waals surface area (Å²) in [6, 6.07) is 0. The van der Waals surface area contributed by atoms with E-state index in [1.54, 1.807) is 0 Å². The third-order valence-corrected chi connectivity index (χ3v) is 12.5. The van der Waals surface area contributed by atoms with E-state index in [0.717, 1.165) is 19.3 Å². The zero-order chi connectivity index (χ0) is 28.7. The summed E-state index contributed by atoms with van der Waals surface area (Å²) in [5.41, 5.74) is 1.18. The molecule has 5 rings (SSSR count). The standard InChI is InChI=1S/C30H48O8S/c1-15(2)16(3)25-26(37-25)17(4)20-10-11-21-19-8-9-23-27(38-39(33,34)35)28(36-18(5)31)24(32)14-30(23,7)22(19)12-13-29(20,21)6/h8,15-17,20-28,32H,9-14H2,1-7H3,(H,33,34,35)/t16-,17+,20-,21?,22?,23?,24-,25+,26+,27+,28+,29-,30-/m1/s1. The molecule has 13 atom stereocenters. The fraction of sp³-hybridized carbons (Fsp3) is 0.900. The Morgan fingerprint density at radius 2 is 1.72 bits per heavy atom. The van der Waals surface area contributed by atoms with Crippen molar-refractivity contribution in [1.29, 1.82) is 0 Å². The SMILES string of the molecule is CC(=O)O[C@H]1[C@H](O)C[C@]2(C)C3CC[C@@]4(C)C(CC[C@@H]4[C@H](C)[C@@H]4O[C@H]4[C@H](C)C(C)C)C3=CCC2[C@@H]1OS(=O)(=O)O. The Morgan fingerprint density at radius 1 is 1.05 bits per heavy atom. The summed E-state index contributed by atoms with van der Waals surface area (Å²) in [5, 5.41) is 11.1. The van der Waals surface area contributed by atoms with E-state index in [1.807, 2.05) is 0 Å². The molecule has 5 aliphatic rings. The van der Waals surface area contributed by atoms with Crippen molar-refractivity contribution in [2.75, 3.05) is 0 Å².